The van der Waals surface area contributed by atoms with Gasteiger partial charge in [0.25, 0.3) is 23.6 Å². The van der Waals surface area contributed by atoms with Crippen LogP contribution in [-0.2, 0) is 17.8 Å². The van der Waals surface area contributed by atoms with Crippen molar-refractivity contribution in [2.24, 2.45) is 0 Å². The average Bonchev–Trinajstić information content (AvgIpc) is 1.60. The van der Waals surface area contributed by atoms with E-state index in [2.05, 4.69) is 88.5 Å². The maximum atomic E-state index is 13.2. The molecule has 1 unspecified atom stereocenters. The third-order valence-corrected chi connectivity index (χ3v) is 24.2. The zero-order chi connectivity index (χ0) is 95.0. The summed E-state index contributed by atoms with van der Waals surface area (Å²) < 4.78 is 26.2. The Morgan fingerprint density at radius 2 is 0.746 bits per heavy atom. The summed E-state index contributed by atoms with van der Waals surface area (Å²) in [6.07, 6.45) is 23.2. The molecule has 0 spiro atoms. The van der Waals surface area contributed by atoms with Crippen molar-refractivity contribution in [2.75, 3.05) is 93.4 Å². The van der Waals surface area contributed by atoms with Crippen molar-refractivity contribution in [1.29, 1.82) is 0 Å². The summed E-state index contributed by atoms with van der Waals surface area (Å²) in [6, 6.07) is 72.4. The van der Waals surface area contributed by atoms with E-state index >= 15 is 0 Å². The predicted molar refractivity (Wildman–Crippen MR) is 530 cm³/mol. The van der Waals surface area contributed by atoms with Crippen LogP contribution in [0.3, 0.4) is 0 Å². The maximum Gasteiger partial charge on any atom is 0.254 e. The number of ether oxygens (including phenoxy) is 1. The van der Waals surface area contributed by atoms with Crippen LogP contribution >= 0.6 is 0 Å². The Labute approximate surface area is 789 Å². The highest BCUT2D eigenvalue weighted by Crippen LogP contribution is 2.34. The summed E-state index contributed by atoms with van der Waals surface area (Å²) in [5, 5.41) is 28.8. The van der Waals surface area contributed by atoms with Crippen molar-refractivity contribution >= 4 is 91.7 Å². The number of aromatic amines is 4. The largest absolute Gasteiger partial charge is 0.508 e. The van der Waals surface area contributed by atoms with E-state index in [-0.39, 0.29) is 57.4 Å². The number of rotatable bonds is 23. The summed E-state index contributed by atoms with van der Waals surface area (Å²) in [7, 11) is 0. The quantitative estimate of drug-likeness (QED) is 0.0283. The molecule has 0 saturated carbocycles. The minimum absolute atomic E-state index is 0.0147. The van der Waals surface area contributed by atoms with Gasteiger partial charge < -0.3 is 71.5 Å². The van der Waals surface area contributed by atoms with Crippen LogP contribution < -0.4 is 54.1 Å². The van der Waals surface area contributed by atoms with Gasteiger partial charge in [0.05, 0.1) is 58.7 Å². The highest BCUT2D eigenvalue weighted by molar-refractivity contribution is 5.97. The average molecular weight is 1850 g/mol. The summed E-state index contributed by atoms with van der Waals surface area (Å²) >= 11 is 0. The molecule has 33 heteroatoms. The maximum absolute atomic E-state index is 13.2. The second kappa shape index (κ2) is 42.2. The number of phenolic OH excluding ortho intramolecular Hbond substituents is 1. The smallest absolute Gasteiger partial charge is 0.254 e. The van der Waals surface area contributed by atoms with E-state index in [4.69, 9.17) is 4.74 Å². The number of aromatic hydroxyl groups is 1. The summed E-state index contributed by atoms with van der Waals surface area (Å²) in [5.74, 6) is -0.237. The number of phenols is 1. The molecule has 3 saturated heterocycles. The van der Waals surface area contributed by atoms with Gasteiger partial charge in [0, 0.05) is 231 Å². The molecule has 21 rings (SSSR count). The Hall–Kier alpha value is -17.4. The van der Waals surface area contributed by atoms with Gasteiger partial charge in [-0.1, -0.05) is 31.2 Å². The lowest BCUT2D eigenvalue weighted by Crippen LogP contribution is -2.48. The van der Waals surface area contributed by atoms with Gasteiger partial charge in [-0.2, -0.15) is 0 Å². The third kappa shape index (κ3) is 21.7. The lowest BCUT2D eigenvalue weighted by molar-refractivity contribution is 0.0303. The normalized spacial score (nSPS) is 13.7. The highest BCUT2D eigenvalue weighted by atomic mass is 19.1. The van der Waals surface area contributed by atoms with Crippen molar-refractivity contribution in [2.45, 2.75) is 38.9 Å². The first-order chi connectivity index (χ1) is 67.4. The number of pyridine rings is 8. The molecule has 3 aliphatic heterocycles. The van der Waals surface area contributed by atoms with Crippen LogP contribution in [0.25, 0.3) is 67.6 Å². The van der Waals surface area contributed by atoms with Crippen molar-refractivity contribution in [3.63, 3.8) is 0 Å². The number of morpholine rings is 1. The molecule has 0 bridgehead atoms. The lowest BCUT2D eigenvalue weighted by Gasteiger charge is -2.34. The molecule has 15 heterocycles. The van der Waals surface area contributed by atoms with Crippen LogP contribution in [0.4, 0.5) is 49.9 Å². The summed E-state index contributed by atoms with van der Waals surface area (Å²) in [4.78, 5) is 135. The lowest BCUT2D eigenvalue weighted by atomic mass is 10.1. The van der Waals surface area contributed by atoms with Gasteiger partial charge in [0.2, 0.25) is 22.2 Å². The number of carbonyl (C=O) groups excluding carboxylic acids is 4. The number of aromatic nitrogens is 12. The number of carbonyl (C=O) groups is 4. The van der Waals surface area contributed by atoms with Gasteiger partial charge in [-0.05, 0) is 231 Å². The van der Waals surface area contributed by atoms with Gasteiger partial charge in [-0.3, -0.25) is 65.8 Å². The number of imidazole rings is 4. The number of likely N-dealkylation sites (N-methyl/N-ethyl adjacent to an activating group) is 1. The molecule has 694 valence electrons. The number of fused-ring (bicyclic) bond motifs is 4. The first-order valence-electron chi connectivity index (χ1n) is 45.2. The molecule has 4 amide bonds. The molecule has 32 nitrogen and oxygen atoms in total. The summed E-state index contributed by atoms with van der Waals surface area (Å²) in [6.45, 7) is 11.4. The van der Waals surface area contributed by atoms with Crippen molar-refractivity contribution < 1.29 is 33.4 Å². The number of hydrogen-bond acceptors (Lipinski definition) is 20. The van der Waals surface area contributed by atoms with Gasteiger partial charge in [0.15, 0.2) is 22.6 Å². The molecular formula is C105H97FN22O10. The van der Waals surface area contributed by atoms with Crippen LogP contribution in [0.1, 0.15) is 72.3 Å². The third-order valence-electron chi connectivity index (χ3n) is 24.2. The molecule has 6 aromatic carbocycles. The molecule has 0 radical (unpaired) electrons. The Balaban J connectivity index is 0.000000123. The predicted octanol–water partition coefficient (Wildman–Crippen LogP) is 15.2. The minimum atomic E-state index is -0.231. The Morgan fingerprint density at radius 1 is 0.399 bits per heavy atom. The number of piperazine rings is 1. The van der Waals surface area contributed by atoms with Crippen molar-refractivity contribution in [3.05, 3.63) is 398 Å². The Bertz CT molecular complexity index is 7630. The van der Waals surface area contributed by atoms with Crippen LogP contribution in [0.15, 0.2) is 336 Å². The molecule has 0 aliphatic carbocycles. The van der Waals surface area contributed by atoms with E-state index in [9.17, 15) is 47.9 Å². The SMILES string of the molecule is CCN1CCCC1CNC(=O)c1ccc(Nc2ccc(-c3cc[nH]c(=O)c3)n3ccnc23)cc1.O=C(NCc1ccc(O)cc1)c1ccc(Nc2ccc(-c3cc[nH]c(=O)c3)n3ccnc23)cc1.O=C(c1ccc(Nc2ccc(-c3cc[nH]c(=O)c3)n3ccnc23)cc1)N1CCN(Cc2ccc(F)cc2)CC1.O=C(c1ccc(Nc2ccc(-c3cc[nH]c(=O)c3)n3ccnc23)cc1)N1CCOCC1. The molecular weight excluding hydrogens is 1750 g/mol. The van der Waals surface area contributed by atoms with Gasteiger partial charge >= 0.3 is 0 Å². The number of likely N-dealkylation sites (tertiary alicyclic amines) is 1. The molecule has 12 aromatic heterocycles. The number of hydrogen-bond donors (Lipinski definition) is 11. The number of amides is 4. The van der Waals surface area contributed by atoms with Gasteiger partial charge in [-0.15, -0.1) is 0 Å². The molecule has 138 heavy (non-hydrogen) atoms. The van der Waals surface area contributed by atoms with E-state index in [1.165, 1.54) is 18.6 Å². The first kappa shape index (κ1) is 91.1. The Kier molecular flexibility index (Phi) is 27.9. The highest BCUT2D eigenvalue weighted by Gasteiger charge is 2.27. The summed E-state index contributed by atoms with van der Waals surface area (Å²) in [5.41, 5.74) is 20.0. The molecule has 11 N–H and O–H groups in total. The number of nitrogens with zero attached hydrogens (tertiary/aromatic N) is 12. The van der Waals surface area contributed by atoms with E-state index in [1.54, 1.807) is 122 Å². The second-order valence-corrected chi connectivity index (χ2v) is 33.2. The number of anilines is 8. The standard InChI is InChI=1S/C30H27FN6O2.C26H28N6O2.C26H21N5O3.C23H21N5O3/c31-24-5-1-21(2-6-24)20-35-15-17-36(18-16-35)30(39)22-3-7-25(8-4-22)34-26-9-10-27(37-14-13-33-29(26)37)23-11-12-32-28(38)19-23;1-2-31-14-3-4-21(31)17-29-26(34)18-5-7-20(8-6-18)30-22-9-10-23(32-15-13-28-25(22)32)19-11-12-27-24(33)16-19;32-21-7-1-17(2-8-21)16-29-26(34)18-3-5-20(6-4-18)30-22-9-10-23(31-14-13-28-25(22)31)19-11-12-27-24(33)15-19;29-21-15-17(7-8-24-21)20-6-5-19(22-25-9-10-28(20)22)26-18-3-1-16(2-4-18)23(30)27-11-13-31-14-12-27/h1-14,19,34H,15-18,20H2,(H,32,38);5-13,15-16,21,30H,2-4,14,17H2,1H3,(H,27,33)(H,29,34);1-15,30,32H,16H2,(H,27,33)(H,29,34);1-10,15,26H,11-14H2,(H,24,29). The van der Waals surface area contributed by atoms with Gasteiger partial charge in [-0.25, -0.2) is 24.3 Å². The fourth-order valence-electron chi connectivity index (χ4n) is 17.1. The van der Waals surface area contributed by atoms with Crippen molar-refractivity contribution in [1.82, 2.24) is 87.7 Å². The fraction of sp³-hybridized carbons (Fsp3) is 0.162. The van der Waals surface area contributed by atoms with Gasteiger partial charge in [0.1, 0.15) is 11.6 Å². The molecule has 18 aromatic rings. The van der Waals surface area contributed by atoms with E-state index in [0.717, 1.165) is 158 Å². The molecule has 1 atom stereocenters. The second-order valence-electron chi connectivity index (χ2n) is 33.2. The van der Waals surface area contributed by atoms with Crippen LogP contribution in [0, 0.1) is 5.82 Å². The molecule has 3 aliphatic rings. The number of benzene rings is 6. The minimum Gasteiger partial charge on any atom is -0.508 e. The molecule has 3 fully saturated rings. The fourth-order valence-corrected chi connectivity index (χ4v) is 17.1. The van der Waals surface area contributed by atoms with Crippen molar-refractivity contribution in [3.8, 4) is 50.8 Å². The number of H-pyrrole nitrogens is 4. The zero-order valence-electron chi connectivity index (χ0n) is 75.1. The van der Waals surface area contributed by atoms with Crippen LogP contribution in [0.2, 0.25) is 0 Å². The Morgan fingerprint density at radius 3 is 1.11 bits per heavy atom. The zero-order valence-corrected chi connectivity index (χ0v) is 75.1. The number of nitrogens with one attached hydrogen (secondary N) is 10. The van der Waals surface area contributed by atoms with Crippen LogP contribution in [0.5, 0.6) is 5.75 Å². The topological polar surface area (TPSA) is 384 Å². The van der Waals surface area contributed by atoms with Crippen LogP contribution in [-0.4, -0.2) is 184 Å². The number of halogens is 1. The van der Waals surface area contributed by atoms with E-state index in [0.29, 0.717) is 86.4 Å². The van der Waals surface area contributed by atoms with E-state index < -0.39 is 0 Å². The van der Waals surface area contributed by atoms with E-state index in [1.807, 2.05) is 210 Å². The first-order valence-corrected chi connectivity index (χ1v) is 45.2. The monoisotopic (exact) mass is 1840 g/mol.